The normalized spacial score (nSPS) is 13.6. The third-order valence-corrected chi connectivity index (χ3v) is 7.00. The van der Waals surface area contributed by atoms with Crippen LogP contribution in [0.4, 0.5) is 0 Å². The summed E-state index contributed by atoms with van der Waals surface area (Å²) in [6.07, 6.45) is 2.31. The number of hydroxylamine groups is 1. The molecule has 0 aliphatic heterocycles. The van der Waals surface area contributed by atoms with E-state index in [1.165, 1.54) is 23.0 Å². The molecule has 152 valence electrons. The number of hydrogen-bond acceptors (Lipinski definition) is 6. The molecular formula is C19H24N2O6S. The predicted molar refractivity (Wildman–Crippen MR) is 105 cm³/mol. The van der Waals surface area contributed by atoms with Gasteiger partial charge in [-0.05, 0) is 55.2 Å². The minimum Gasteiger partial charge on any atom is -0.497 e. The second kappa shape index (κ2) is 8.15. The highest BCUT2D eigenvalue weighted by Crippen LogP contribution is 2.26. The van der Waals surface area contributed by atoms with Crippen molar-refractivity contribution in [2.45, 2.75) is 31.6 Å². The number of carbonyl (C=O) groups excluding carboxylic acids is 1. The summed E-state index contributed by atoms with van der Waals surface area (Å²) in [4.78, 5) is 24.4. The average molecular weight is 408 g/mol. The number of nitrogens with zero attached hydrogens (tertiary/aromatic N) is 1. The van der Waals surface area contributed by atoms with E-state index < -0.39 is 20.5 Å². The number of ether oxygens (including phenoxy) is 1. The van der Waals surface area contributed by atoms with Gasteiger partial charge in [0.15, 0.2) is 14.6 Å². The molecule has 0 aliphatic carbocycles. The first-order valence-corrected chi connectivity index (χ1v) is 10.4. The summed E-state index contributed by atoms with van der Waals surface area (Å²) in [6.45, 7) is 3.13. The molecule has 28 heavy (non-hydrogen) atoms. The van der Waals surface area contributed by atoms with Gasteiger partial charge in [0.2, 0.25) is 0 Å². The van der Waals surface area contributed by atoms with Gasteiger partial charge in [0.1, 0.15) is 5.75 Å². The molecule has 0 radical (unpaired) electrons. The fourth-order valence-electron chi connectivity index (χ4n) is 2.87. The number of rotatable bonds is 7. The molecule has 2 aromatic rings. The lowest BCUT2D eigenvalue weighted by molar-refractivity contribution is -0.131. The number of aromatic nitrogens is 1. The van der Waals surface area contributed by atoms with Crippen molar-refractivity contribution in [3.8, 4) is 16.9 Å². The predicted octanol–water partition coefficient (Wildman–Crippen LogP) is 1.53. The Morgan fingerprint density at radius 3 is 2.46 bits per heavy atom. The molecule has 0 fully saturated rings. The van der Waals surface area contributed by atoms with E-state index in [0.717, 1.165) is 28.7 Å². The van der Waals surface area contributed by atoms with Crippen LogP contribution < -0.4 is 15.8 Å². The standard InChI is InChI=1S/C19H24N2O6S/c1-13-11-15(27-3)5-6-16(13)14-7-9-21(17(22)12-14)10-8-19(2,18(23)20-24)28(4,25)26/h5-7,9,11-12,24H,8,10H2,1-4H3,(H,20,23). The van der Waals surface area contributed by atoms with Crippen LogP contribution >= 0.6 is 0 Å². The van der Waals surface area contributed by atoms with Gasteiger partial charge in [-0.25, -0.2) is 13.9 Å². The zero-order chi connectivity index (χ0) is 21.1. The maximum Gasteiger partial charge on any atom is 0.264 e. The molecule has 9 heteroatoms. The van der Waals surface area contributed by atoms with Gasteiger partial charge in [-0.1, -0.05) is 6.07 Å². The van der Waals surface area contributed by atoms with Crippen LogP contribution in [0.15, 0.2) is 41.3 Å². The van der Waals surface area contributed by atoms with Crippen LogP contribution in [0.3, 0.4) is 0 Å². The fraction of sp³-hybridized carbons (Fsp3) is 0.368. The zero-order valence-corrected chi connectivity index (χ0v) is 17.0. The maximum atomic E-state index is 12.5. The van der Waals surface area contributed by atoms with Crippen molar-refractivity contribution in [3.05, 3.63) is 52.4 Å². The molecule has 0 spiro atoms. The highest BCUT2D eigenvalue weighted by molar-refractivity contribution is 7.92. The number of hydrogen-bond donors (Lipinski definition) is 2. The summed E-state index contributed by atoms with van der Waals surface area (Å²) in [7, 11) is -2.24. The largest absolute Gasteiger partial charge is 0.497 e. The molecule has 0 bridgehead atoms. The maximum absolute atomic E-state index is 12.5. The van der Waals surface area contributed by atoms with Crippen LogP contribution in [-0.4, -0.2) is 42.2 Å². The molecule has 1 atom stereocenters. The number of aryl methyl sites for hydroxylation is 2. The van der Waals surface area contributed by atoms with Crippen molar-refractivity contribution < 1.29 is 23.2 Å². The zero-order valence-electron chi connectivity index (χ0n) is 16.2. The highest BCUT2D eigenvalue weighted by atomic mass is 32.2. The van der Waals surface area contributed by atoms with Crippen LogP contribution in [0.5, 0.6) is 5.75 Å². The molecule has 2 rings (SSSR count). The number of methoxy groups -OCH3 is 1. The van der Waals surface area contributed by atoms with E-state index in [1.807, 2.05) is 19.1 Å². The second-order valence-corrected chi connectivity index (χ2v) is 9.27. The molecule has 1 heterocycles. The first-order valence-electron chi connectivity index (χ1n) is 8.53. The van der Waals surface area contributed by atoms with Crippen LogP contribution in [0, 0.1) is 6.92 Å². The van der Waals surface area contributed by atoms with Crippen molar-refractivity contribution in [1.29, 1.82) is 0 Å². The van der Waals surface area contributed by atoms with Crippen molar-refractivity contribution in [2.24, 2.45) is 0 Å². The molecule has 0 saturated carbocycles. The van der Waals surface area contributed by atoms with E-state index in [1.54, 1.807) is 25.4 Å². The molecule has 2 N–H and O–H groups in total. The average Bonchev–Trinajstić information content (AvgIpc) is 2.64. The number of amides is 1. The topological polar surface area (TPSA) is 115 Å². The van der Waals surface area contributed by atoms with E-state index in [-0.39, 0.29) is 18.5 Å². The number of benzene rings is 1. The van der Waals surface area contributed by atoms with Gasteiger partial charge in [-0.2, -0.15) is 0 Å². The van der Waals surface area contributed by atoms with Gasteiger partial charge in [0, 0.05) is 25.1 Å². The van der Waals surface area contributed by atoms with Gasteiger partial charge in [-0.15, -0.1) is 0 Å². The molecule has 1 unspecified atom stereocenters. The van der Waals surface area contributed by atoms with E-state index >= 15 is 0 Å². The Balaban J connectivity index is 2.30. The van der Waals surface area contributed by atoms with Gasteiger partial charge >= 0.3 is 0 Å². The molecule has 1 aromatic carbocycles. The van der Waals surface area contributed by atoms with Crippen LogP contribution in [0.2, 0.25) is 0 Å². The van der Waals surface area contributed by atoms with Gasteiger partial charge in [0.05, 0.1) is 7.11 Å². The van der Waals surface area contributed by atoms with Crippen LogP contribution in [-0.2, 0) is 21.2 Å². The first-order chi connectivity index (χ1) is 13.0. The molecule has 0 saturated heterocycles. The van der Waals surface area contributed by atoms with E-state index in [0.29, 0.717) is 0 Å². The number of pyridine rings is 1. The summed E-state index contributed by atoms with van der Waals surface area (Å²) < 4.78 is 28.7. The quantitative estimate of drug-likeness (QED) is 0.530. The minimum atomic E-state index is -3.82. The lowest BCUT2D eigenvalue weighted by Gasteiger charge is -2.25. The van der Waals surface area contributed by atoms with Gasteiger partial charge < -0.3 is 9.30 Å². The smallest absolute Gasteiger partial charge is 0.264 e. The molecule has 1 amide bonds. The molecule has 0 aliphatic rings. The Hall–Kier alpha value is -2.65. The van der Waals surface area contributed by atoms with Crippen LogP contribution in [0.1, 0.15) is 18.9 Å². The van der Waals surface area contributed by atoms with E-state index in [4.69, 9.17) is 9.94 Å². The van der Waals surface area contributed by atoms with Gasteiger partial charge in [0.25, 0.3) is 11.5 Å². The lowest BCUT2D eigenvalue weighted by Crippen LogP contribution is -2.49. The number of nitrogens with one attached hydrogen (secondary N) is 1. The first kappa shape index (κ1) is 21.6. The van der Waals surface area contributed by atoms with Crippen molar-refractivity contribution >= 4 is 15.7 Å². The van der Waals surface area contributed by atoms with Crippen molar-refractivity contribution in [1.82, 2.24) is 10.0 Å². The third kappa shape index (κ3) is 4.26. The second-order valence-electron chi connectivity index (χ2n) is 6.82. The minimum absolute atomic E-state index is 0.00228. The van der Waals surface area contributed by atoms with Crippen molar-refractivity contribution in [2.75, 3.05) is 13.4 Å². The number of sulfone groups is 1. The summed E-state index contributed by atoms with van der Waals surface area (Å²) >= 11 is 0. The lowest BCUT2D eigenvalue weighted by atomic mass is 10.0. The SMILES string of the molecule is COc1ccc(-c2ccn(CCC(C)(C(=O)NO)S(C)(=O)=O)c(=O)c2)c(C)c1. The van der Waals surface area contributed by atoms with E-state index in [9.17, 15) is 18.0 Å². The van der Waals surface area contributed by atoms with Crippen molar-refractivity contribution in [3.63, 3.8) is 0 Å². The Bertz CT molecular complexity index is 1040. The van der Waals surface area contributed by atoms with E-state index in [2.05, 4.69) is 0 Å². The highest BCUT2D eigenvalue weighted by Gasteiger charge is 2.43. The Kier molecular flexibility index (Phi) is 6.30. The Labute approximate surface area is 163 Å². The summed E-state index contributed by atoms with van der Waals surface area (Å²) in [5.74, 6) is -0.315. The number of carbonyl (C=O) groups is 1. The Morgan fingerprint density at radius 1 is 1.29 bits per heavy atom. The summed E-state index contributed by atoms with van der Waals surface area (Å²) in [6, 6.07) is 8.74. The summed E-state index contributed by atoms with van der Waals surface area (Å²) in [5, 5.41) is 8.87. The van der Waals surface area contributed by atoms with Gasteiger partial charge in [-0.3, -0.25) is 14.8 Å². The monoisotopic (exact) mass is 408 g/mol. The summed E-state index contributed by atoms with van der Waals surface area (Å²) in [5.41, 5.74) is 3.62. The molecular weight excluding hydrogens is 384 g/mol. The van der Waals surface area contributed by atoms with Crippen LogP contribution in [0.25, 0.3) is 11.1 Å². The molecule has 1 aromatic heterocycles. The molecule has 8 nitrogen and oxygen atoms in total. The third-order valence-electron chi connectivity index (χ3n) is 4.97. The Morgan fingerprint density at radius 2 is 1.96 bits per heavy atom. The fourth-order valence-corrected chi connectivity index (χ4v) is 3.71.